The van der Waals surface area contributed by atoms with Gasteiger partial charge in [-0.2, -0.15) is 5.10 Å². The first kappa shape index (κ1) is 17.7. The Bertz CT molecular complexity index is 842. The topological polar surface area (TPSA) is 79.3 Å². The van der Waals surface area contributed by atoms with Crippen LogP contribution in [0.2, 0.25) is 0 Å². The molecule has 1 unspecified atom stereocenters. The normalized spacial score (nSPS) is 19.7. The van der Waals surface area contributed by atoms with E-state index in [1.54, 1.807) is 12.1 Å². The van der Waals surface area contributed by atoms with Crippen LogP contribution in [0.4, 0.5) is 10.1 Å². The Labute approximate surface area is 156 Å². The number of nitrogens with zero attached hydrogens (tertiary/aromatic N) is 3. The number of hydrogen-bond donors (Lipinski definition) is 2. The molecule has 2 aliphatic heterocycles. The van der Waals surface area contributed by atoms with Gasteiger partial charge in [0.05, 0.1) is 23.9 Å². The van der Waals surface area contributed by atoms with Crippen LogP contribution in [0.15, 0.2) is 30.3 Å². The summed E-state index contributed by atoms with van der Waals surface area (Å²) in [5.74, 6) is -1.19. The minimum absolute atomic E-state index is 0.131. The zero-order valence-corrected chi connectivity index (χ0v) is 14.9. The van der Waals surface area contributed by atoms with Gasteiger partial charge < -0.3 is 15.5 Å². The summed E-state index contributed by atoms with van der Waals surface area (Å²) in [6.45, 7) is 3.23. The van der Waals surface area contributed by atoms with E-state index in [2.05, 4.69) is 15.7 Å². The fourth-order valence-electron chi connectivity index (χ4n) is 3.61. The van der Waals surface area contributed by atoms with E-state index in [1.165, 1.54) is 17.0 Å². The molecule has 2 aromatic rings. The van der Waals surface area contributed by atoms with E-state index in [-0.39, 0.29) is 24.8 Å². The second kappa shape index (κ2) is 7.48. The van der Waals surface area contributed by atoms with Crippen molar-refractivity contribution in [2.75, 3.05) is 18.0 Å². The SMILES string of the molecule is O=C(NCc1cc2n(n1)CCCNC2)C1CC(=O)N(c2cccc(F)c2)C1. The van der Waals surface area contributed by atoms with Crippen LogP contribution in [0.3, 0.4) is 0 Å². The van der Waals surface area contributed by atoms with Crippen molar-refractivity contribution >= 4 is 17.5 Å². The Morgan fingerprint density at radius 3 is 3.11 bits per heavy atom. The van der Waals surface area contributed by atoms with Crippen molar-refractivity contribution in [2.45, 2.75) is 32.5 Å². The minimum Gasteiger partial charge on any atom is -0.350 e. The van der Waals surface area contributed by atoms with E-state index >= 15 is 0 Å². The molecule has 0 saturated carbocycles. The predicted molar refractivity (Wildman–Crippen MR) is 97.3 cm³/mol. The third-order valence-corrected chi connectivity index (χ3v) is 5.00. The van der Waals surface area contributed by atoms with E-state index < -0.39 is 11.7 Å². The number of anilines is 1. The molecule has 27 heavy (non-hydrogen) atoms. The van der Waals surface area contributed by atoms with Crippen LogP contribution < -0.4 is 15.5 Å². The van der Waals surface area contributed by atoms with Gasteiger partial charge in [0.1, 0.15) is 5.82 Å². The van der Waals surface area contributed by atoms with E-state index in [0.29, 0.717) is 12.2 Å². The number of nitrogens with one attached hydrogen (secondary N) is 2. The van der Waals surface area contributed by atoms with Crippen LogP contribution >= 0.6 is 0 Å². The van der Waals surface area contributed by atoms with Gasteiger partial charge in [-0.05, 0) is 37.2 Å². The number of aryl methyl sites for hydroxylation is 1. The molecule has 0 radical (unpaired) electrons. The van der Waals surface area contributed by atoms with E-state index in [4.69, 9.17) is 0 Å². The number of fused-ring (bicyclic) bond motifs is 1. The molecule has 0 bridgehead atoms. The predicted octanol–water partition coefficient (Wildman–Crippen LogP) is 1.18. The summed E-state index contributed by atoms with van der Waals surface area (Å²) in [6, 6.07) is 7.87. The second-order valence-electron chi connectivity index (χ2n) is 6.98. The first-order chi connectivity index (χ1) is 13.1. The van der Waals surface area contributed by atoms with Crippen molar-refractivity contribution in [3.63, 3.8) is 0 Å². The molecule has 142 valence electrons. The third-order valence-electron chi connectivity index (χ3n) is 5.00. The van der Waals surface area contributed by atoms with Crippen LogP contribution in [-0.4, -0.2) is 34.7 Å². The average Bonchev–Trinajstić information content (AvgIpc) is 3.16. The summed E-state index contributed by atoms with van der Waals surface area (Å²) in [4.78, 5) is 26.2. The number of halogens is 1. The number of rotatable bonds is 4. The number of carbonyl (C=O) groups excluding carboxylic acids is 2. The molecule has 0 spiro atoms. The number of amides is 2. The average molecular weight is 371 g/mol. The Morgan fingerprint density at radius 1 is 1.37 bits per heavy atom. The van der Waals surface area contributed by atoms with Crippen LogP contribution in [0.5, 0.6) is 0 Å². The van der Waals surface area contributed by atoms with E-state index in [0.717, 1.165) is 37.4 Å². The van der Waals surface area contributed by atoms with Gasteiger partial charge in [-0.25, -0.2) is 4.39 Å². The lowest BCUT2D eigenvalue weighted by atomic mass is 10.1. The monoisotopic (exact) mass is 371 g/mol. The van der Waals surface area contributed by atoms with Crippen LogP contribution in [0.1, 0.15) is 24.2 Å². The lowest BCUT2D eigenvalue weighted by molar-refractivity contribution is -0.126. The molecule has 3 heterocycles. The Balaban J connectivity index is 1.36. The van der Waals surface area contributed by atoms with Crippen molar-refractivity contribution in [3.05, 3.63) is 47.5 Å². The maximum atomic E-state index is 13.4. The second-order valence-corrected chi connectivity index (χ2v) is 6.98. The van der Waals surface area contributed by atoms with Gasteiger partial charge in [0.2, 0.25) is 11.8 Å². The Kier molecular flexibility index (Phi) is 4.89. The molecule has 1 atom stereocenters. The highest BCUT2D eigenvalue weighted by Gasteiger charge is 2.35. The molecule has 2 amide bonds. The Hall–Kier alpha value is -2.74. The lowest BCUT2D eigenvalue weighted by Gasteiger charge is -2.16. The quantitative estimate of drug-likeness (QED) is 0.846. The number of carbonyl (C=O) groups is 2. The summed E-state index contributed by atoms with van der Waals surface area (Å²) >= 11 is 0. The first-order valence-corrected chi connectivity index (χ1v) is 9.20. The summed E-state index contributed by atoms with van der Waals surface area (Å²) < 4.78 is 15.4. The lowest BCUT2D eigenvalue weighted by Crippen LogP contribution is -2.32. The molecule has 8 heteroatoms. The van der Waals surface area contributed by atoms with Gasteiger partial charge in [0.25, 0.3) is 0 Å². The first-order valence-electron chi connectivity index (χ1n) is 9.20. The molecule has 4 rings (SSSR count). The van der Waals surface area contributed by atoms with Gasteiger partial charge in [0.15, 0.2) is 0 Å². The van der Waals surface area contributed by atoms with E-state index in [9.17, 15) is 14.0 Å². The summed E-state index contributed by atoms with van der Waals surface area (Å²) in [7, 11) is 0. The zero-order valence-electron chi connectivity index (χ0n) is 14.9. The number of benzene rings is 1. The fourth-order valence-corrected chi connectivity index (χ4v) is 3.61. The maximum Gasteiger partial charge on any atom is 0.227 e. The number of hydrogen-bond acceptors (Lipinski definition) is 4. The third kappa shape index (κ3) is 3.85. The molecular formula is C19H22FN5O2. The molecule has 1 saturated heterocycles. The highest BCUT2D eigenvalue weighted by molar-refractivity contribution is 6.00. The molecular weight excluding hydrogens is 349 g/mol. The highest BCUT2D eigenvalue weighted by atomic mass is 19.1. The summed E-state index contributed by atoms with van der Waals surface area (Å²) in [5, 5.41) is 10.8. The van der Waals surface area contributed by atoms with Gasteiger partial charge in [-0.1, -0.05) is 6.07 Å². The molecule has 2 aliphatic rings. The van der Waals surface area contributed by atoms with Gasteiger partial charge in [-0.15, -0.1) is 0 Å². The molecule has 7 nitrogen and oxygen atoms in total. The fraction of sp³-hybridized carbons (Fsp3) is 0.421. The smallest absolute Gasteiger partial charge is 0.227 e. The van der Waals surface area contributed by atoms with Crippen molar-refractivity contribution in [3.8, 4) is 0 Å². The molecule has 0 aliphatic carbocycles. The van der Waals surface area contributed by atoms with Crippen molar-refractivity contribution in [2.24, 2.45) is 5.92 Å². The van der Waals surface area contributed by atoms with Crippen LogP contribution in [0.25, 0.3) is 0 Å². The molecule has 1 aromatic carbocycles. The minimum atomic E-state index is -0.442. The van der Waals surface area contributed by atoms with Gasteiger partial charge in [-0.3, -0.25) is 14.3 Å². The standard InChI is InChI=1S/C19H22FN5O2/c20-14-3-1-4-16(8-14)24-12-13(7-18(24)26)19(27)22-10-15-9-17-11-21-5-2-6-25(17)23-15/h1,3-4,8-9,13,21H,2,5-7,10-12H2,(H,22,27). The molecule has 1 aromatic heterocycles. The summed E-state index contributed by atoms with van der Waals surface area (Å²) in [6.07, 6.45) is 1.16. The molecule has 2 N–H and O–H groups in total. The number of aromatic nitrogens is 2. The van der Waals surface area contributed by atoms with Crippen LogP contribution in [-0.2, 0) is 29.2 Å². The van der Waals surface area contributed by atoms with Crippen molar-refractivity contribution in [1.82, 2.24) is 20.4 Å². The summed E-state index contributed by atoms with van der Waals surface area (Å²) in [5.41, 5.74) is 2.42. The van der Waals surface area contributed by atoms with E-state index in [1.807, 2.05) is 10.7 Å². The van der Waals surface area contributed by atoms with Crippen molar-refractivity contribution in [1.29, 1.82) is 0 Å². The highest BCUT2D eigenvalue weighted by Crippen LogP contribution is 2.25. The molecule has 1 fully saturated rings. The largest absolute Gasteiger partial charge is 0.350 e. The maximum absolute atomic E-state index is 13.4. The van der Waals surface area contributed by atoms with Gasteiger partial charge >= 0.3 is 0 Å². The Morgan fingerprint density at radius 2 is 2.26 bits per heavy atom. The van der Waals surface area contributed by atoms with Crippen LogP contribution in [0, 0.1) is 11.7 Å². The van der Waals surface area contributed by atoms with Gasteiger partial charge in [0, 0.05) is 31.7 Å². The van der Waals surface area contributed by atoms with Crippen molar-refractivity contribution < 1.29 is 14.0 Å². The zero-order chi connectivity index (χ0) is 18.8.